The molecule has 92 valence electrons. The highest BCUT2D eigenvalue weighted by atomic mass is 32.2. The van der Waals surface area contributed by atoms with Gasteiger partial charge in [0.15, 0.2) is 0 Å². The van der Waals surface area contributed by atoms with Crippen LogP contribution in [0.25, 0.3) is 0 Å². The third kappa shape index (κ3) is 10.9. The molecule has 0 aromatic heterocycles. The van der Waals surface area contributed by atoms with Gasteiger partial charge in [-0.25, -0.2) is 4.31 Å². The molecule has 0 radical (unpaired) electrons. The normalized spacial score (nSPS) is 11.2. The lowest BCUT2D eigenvalue weighted by Crippen LogP contribution is -2.20. The van der Waals surface area contributed by atoms with Crippen LogP contribution >= 0.6 is 23.7 Å². The van der Waals surface area contributed by atoms with E-state index in [1.807, 2.05) is 11.8 Å². The van der Waals surface area contributed by atoms with Crippen LogP contribution in [0.2, 0.25) is 0 Å². The Balaban J connectivity index is 3.49. The lowest BCUT2D eigenvalue weighted by Gasteiger charge is -2.20. The Morgan fingerprint density at radius 3 is 2.20 bits per heavy atom. The van der Waals surface area contributed by atoms with Crippen molar-refractivity contribution in [3.05, 3.63) is 0 Å². The number of thioether (sulfide) groups is 1. The maximum Gasteiger partial charge on any atom is 0.0180 e. The van der Waals surface area contributed by atoms with Crippen molar-refractivity contribution in [2.45, 2.75) is 46.0 Å². The zero-order chi connectivity index (χ0) is 11.4. The first-order valence-electron chi connectivity index (χ1n) is 6.21. The van der Waals surface area contributed by atoms with Crippen LogP contribution in [0.4, 0.5) is 0 Å². The van der Waals surface area contributed by atoms with E-state index in [1.54, 1.807) is 0 Å². The molecule has 3 heteroatoms. The molecule has 0 aromatic rings. The maximum absolute atomic E-state index is 2.57. The number of rotatable bonds is 11. The van der Waals surface area contributed by atoms with Gasteiger partial charge in [-0.15, -0.1) is 0 Å². The summed E-state index contributed by atoms with van der Waals surface area (Å²) in [6.07, 6.45) is 8.95. The van der Waals surface area contributed by atoms with Crippen LogP contribution < -0.4 is 0 Å². The van der Waals surface area contributed by atoms with Gasteiger partial charge in [0, 0.05) is 24.6 Å². The van der Waals surface area contributed by atoms with Crippen LogP contribution in [0.1, 0.15) is 46.0 Å². The van der Waals surface area contributed by atoms with Gasteiger partial charge in [-0.05, 0) is 19.1 Å². The number of nitrogens with zero attached hydrogens (tertiary/aromatic N) is 1. The van der Waals surface area contributed by atoms with Crippen molar-refractivity contribution in [3.63, 3.8) is 0 Å². The Labute approximate surface area is 105 Å². The highest BCUT2D eigenvalue weighted by molar-refractivity contribution is 7.98. The summed E-state index contributed by atoms with van der Waals surface area (Å²) in [4.78, 5) is 0. The Morgan fingerprint density at radius 2 is 1.60 bits per heavy atom. The number of hydrogen-bond donors (Lipinski definition) is 0. The molecule has 15 heavy (non-hydrogen) atoms. The molecular weight excluding hydrogens is 222 g/mol. The lowest BCUT2D eigenvalue weighted by atomic mass is 10.3. The van der Waals surface area contributed by atoms with E-state index in [1.165, 1.54) is 56.7 Å². The quantitative estimate of drug-likeness (QED) is 0.397. The molecule has 0 atom stereocenters. The second-order valence-electron chi connectivity index (χ2n) is 3.82. The van der Waals surface area contributed by atoms with Crippen LogP contribution in [0, 0.1) is 0 Å². The van der Waals surface area contributed by atoms with Crippen molar-refractivity contribution in [3.8, 4) is 0 Å². The summed E-state index contributed by atoms with van der Waals surface area (Å²) in [6, 6.07) is 0. The van der Waals surface area contributed by atoms with Crippen LogP contribution in [0.15, 0.2) is 0 Å². The Kier molecular flexibility index (Phi) is 13.3. The molecule has 0 N–H and O–H groups in total. The minimum atomic E-state index is 1.25. The third-order valence-electron chi connectivity index (χ3n) is 2.33. The van der Waals surface area contributed by atoms with E-state index < -0.39 is 0 Å². The SMILES string of the molecule is CCCCCSN(CCCC)CCSC. The molecule has 0 spiro atoms. The first-order valence-corrected chi connectivity index (χ1v) is 8.55. The Morgan fingerprint density at radius 1 is 0.867 bits per heavy atom. The van der Waals surface area contributed by atoms with Crippen LogP contribution in [0.5, 0.6) is 0 Å². The van der Waals surface area contributed by atoms with E-state index in [2.05, 4.69) is 36.4 Å². The van der Waals surface area contributed by atoms with Gasteiger partial charge in [0.25, 0.3) is 0 Å². The summed E-state index contributed by atoms with van der Waals surface area (Å²) in [5, 5.41) is 0. The second-order valence-corrected chi connectivity index (χ2v) is 5.98. The Bertz CT molecular complexity index is 112. The number of unbranched alkanes of at least 4 members (excludes halogenated alkanes) is 3. The smallest absolute Gasteiger partial charge is 0.0180 e. The van der Waals surface area contributed by atoms with Gasteiger partial charge in [0.05, 0.1) is 0 Å². The fraction of sp³-hybridized carbons (Fsp3) is 1.00. The van der Waals surface area contributed by atoms with Crippen molar-refractivity contribution in [2.24, 2.45) is 0 Å². The molecule has 0 bridgehead atoms. The van der Waals surface area contributed by atoms with Gasteiger partial charge in [-0.2, -0.15) is 11.8 Å². The molecule has 0 fully saturated rings. The van der Waals surface area contributed by atoms with Crippen molar-refractivity contribution in [2.75, 3.05) is 30.9 Å². The summed E-state index contributed by atoms with van der Waals surface area (Å²) in [5.41, 5.74) is 0. The molecule has 0 unspecified atom stereocenters. The molecule has 0 rings (SSSR count). The molecule has 0 saturated carbocycles. The molecule has 0 aliphatic rings. The lowest BCUT2D eigenvalue weighted by molar-refractivity contribution is 0.481. The molecule has 0 saturated heterocycles. The van der Waals surface area contributed by atoms with Gasteiger partial charge >= 0.3 is 0 Å². The van der Waals surface area contributed by atoms with Gasteiger partial charge < -0.3 is 0 Å². The topological polar surface area (TPSA) is 3.24 Å². The van der Waals surface area contributed by atoms with E-state index in [0.29, 0.717) is 0 Å². The average molecular weight is 249 g/mol. The summed E-state index contributed by atoms with van der Waals surface area (Å²) in [5.74, 6) is 2.58. The highest BCUT2D eigenvalue weighted by Gasteiger charge is 2.03. The van der Waals surface area contributed by atoms with Crippen LogP contribution in [-0.4, -0.2) is 35.2 Å². The molecule has 0 aliphatic carbocycles. The molecule has 0 heterocycles. The maximum atomic E-state index is 2.57. The van der Waals surface area contributed by atoms with Gasteiger partial charge in [-0.3, -0.25) is 0 Å². The molecular formula is C12H27NS2. The average Bonchev–Trinajstić information content (AvgIpc) is 2.27. The van der Waals surface area contributed by atoms with Crippen molar-refractivity contribution < 1.29 is 0 Å². The third-order valence-corrected chi connectivity index (χ3v) is 4.12. The fourth-order valence-corrected chi connectivity index (χ4v) is 2.90. The van der Waals surface area contributed by atoms with Crippen molar-refractivity contribution in [1.82, 2.24) is 4.31 Å². The van der Waals surface area contributed by atoms with Crippen molar-refractivity contribution in [1.29, 1.82) is 0 Å². The molecule has 0 amide bonds. The zero-order valence-corrected chi connectivity index (χ0v) is 12.3. The first kappa shape index (κ1) is 15.7. The number of hydrogen-bond acceptors (Lipinski definition) is 3. The second kappa shape index (κ2) is 12.7. The van der Waals surface area contributed by atoms with E-state index in [0.717, 1.165) is 0 Å². The minimum absolute atomic E-state index is 1.25. The molecule has 0 aliphatic heterocycles. The van der Waals surface area contributed by atoms with Crippen LogP contribution in [-0.2, 0) is 0 Å². The monoisotopic (exact) mass is 249 g/mol. The van der Waals surface area contributed by atoms with E-state index in [-0.39, 0.29) is 0 Å². The predicted molar refractivity (Wildman–Crippen MR) is 76.8 cm³/mol. The van der Waals surface area contributed by atoms with E-state index in [9.17, 15) is 0 Å². The molecule has 0 aromatic carbocycles. The summed E-state index contributed by atoms with van der Waals surface area (Å²) in [6.45, 7) is 7.06. The first-order chi connectivity index (χ1) is 7.35. The van der Waals surface area contributed by atoms with Gasteiger partial charge in [0.1, 0.15) is 0 Å². The standard InChI is InChI=1S/C12H27NS2/c1-4-6-8-11-15-13(9-7-5-2)10-12-14-3/h4-12H2,1-3H3. The fourth-order valence-electron chi connectivity index (χ4n) is 1.31. The van der Waals surface area contributed by atoms with E-state index in [4.69, 9.17) is 0 Å². The highest BCUT2D eigenvalue weighted by Crippen LogP contribution is 2.14. The summed E-state index contributed by atoms with van der Waals surface area (Å²) < 4.78 is 2.57. The largest absolute Gasteiger partial charge is 0.250 e. The molecule has 1 nitrogen and oxygen atoms in total. The Hall–Kier alpha value is 0.660. The van der Waals surface area contributed by atoms with Crippen LogP contribution in [0.3, 0.4) is 0 Å². The zero-order valence-electron chi connectivity index (χ0n) is 10.6. The summed E-state index contributed by atoms with van der Waals surface area (Å²) in [7, 11) is 0. The predicted octanol–water partition coefficient (Wildman–Crippen LogP) is 4.29. The van der Waals surface area contributed by atoms with Gasteiger partial charge in [0.2, 0.25) is 0 Å². The van der Waals surface area contributed by atoms with Crippen molar-refractivity contribution >= 4 is 23.7 Å². The van der Waals surface area contributed by atoms with E-state index >= 15 is 0 Å². The van der Waals surface area contributed by atoms with Gasteiger partial charge in [-0.1, -0.05) is 45.1 Å². The summed E-state index contributed by atoms with van der Waals surface area (Å²) >= 11 is 4.01. The minimum Gasteiger partial charge on any atom is -0.250 e.